The molecule has 1 saturated heterocycles. The van der Waals surface area contributed by atoms with Crippen LogP contribution in [-0.2, 0) is 22.3 Å². The molecule has 122 valence electrons. The molecule has 0 bridgehead atoms. The average molecular weight is 315 g/mol. The second-order valence-electron chi connectivity index (χ2n) is 5.69. The second kappa shape index (κ2) is 7.13. The van der Waals surface area contributed by atoms with E-state index in [-0.39, 0.29) is 5.97 Å². The fraction of sp³-hybridized carbons (Fsp3) is 0.562. The number of ether oxygens (including phenoxy) is 1. The van der Waals surface area contributed by atoms with E-state index in [0.717, 1.165) is 43.6 Å². The monoisotopic (exact) mass is 315 g/mol. The Kier molecular flexibility index (Phi) is 5.45. The molecule has 1 heterocycles. The molecule has 0 aromatic heterocycles. The van der Waals surface area contributed by atoms with Crippen LogP contribution in [0.5, 0.6) is 0 Å². The molecular weight excluding hydrogens is 295 g/mol. The van der Waals surface area contributed by atoms with E-state index in [2.05, 4.69) is 9.64 Å². The normalized spacial score (nSPS) is 17.5. The van der Waals surface area contributed by atoms with Gasteiger partial charge in [-0.25, -0.2) is 0 Å². The van der Waals surface area contributed by atoms with Crippen LogP contribution in [-0.4, -0.2) is 31.1 Å². The van der Waals surface area contributed by atoms with Gasteiger partial charge in [0.2, 0.25) is 0 Å². The van der Waals surface area contributed by atoms with E-state index in [0.29, 0.717) is 18.9 Å². The smallest absolute Gasteiger partial charge is 0.416 e. The highest BCUT2D eigenvalue weighted by Crippen LogP contribution is 2.29. The van der Waals surface area contributed by atoms with Crippen molar-refractivity contribution in [3.05, 3.63) is 35.4 Å². The standard InChI is InChI=1S/C16H20F3NO2/c1-22-15(21)10-12-6-8-20(9-7-12)11-13-2-4-14(5-3-13)16(17,18)19/h2-5,12H,6-11H2,1H3. The van der Waals surface area contributed by atoms with Crippen molar-refractivity contribution in [3.8, 4) is 0 Å². The summed E-state index contributed by atoms with van der Waals surface area (Å²) in [5.41, 5.74) is 0.257. The molecule has 0 saturated carbocycles. The van der Waals surface area contributed by atoms with E-state index in [4.69, 9.17) is 0 Å². The quantitative estimate of drug-likeness (QED) is 0.797. The lowest BCUT2D eigenvalue weighted by molar-refractivity contribution is -0.142. The molecule has 1 fully saturated rings. The molecule has 1 aliphatic heterocycles. The van der Waals surface area contributed by atoms with Crippen molar-refractivity contribution in [3.63, 3.8) is 0 Å². The number of halogens is 3. The molecule has 0 spiro atoms. The fourth-order valence-corrected chi connectivity index (χ4v) is 2.73. The first-order chi connectivity index (χ1) is 10.4. The van der Waals surface area contributed by atoms with Crippen LogP contribution in [0.15, 0.2) is 24.3 Å². The maximum Gasteiger partial charge on any atom is 0.416 e. The van der Waals surface area contributed by atoms with Gasteiger partial charge in [-0.1, -0.05) is 12.1 Å². The van der Waals surface area contributed by atoms with E-state index in [1.807, 2.05) is 0 Å². The van der Waals surface area contributed by atoms with Crippen LogP contribution in [0.1, 0.15) is 30.4 Å². The van der Waals surface area contributed by atoms with E-state index >= 15 is 0 Å². The Hall–Kier alpha value is -1.56. The summed E-state index contributed by atoms with van der Waals surface area (Å²) in [6.45, 7) is 2.34. The van der Waals surface area contributed by atoms with Gasteiger partial charge in [-0.15, -0.1) is 0 Å². The van der Waals surface area contributed by atoms with Gasteiger partial charge in [0, 0.05) is 13.0 Å². The van der Waals surface area contributed by atoms with Gasteiger partial charge in [-0.2, -0.15) is 13.2 Å². The Morgan fingerprint density at radius 1 is 1.23 bits per heavy atom. The third-order valence-electron chi connectivity index (χ3n) is 4.08. The van der Waals surface area contributed by atoms with Crippen molar-refractivity contribution in [1.82, 2.24) is 4.90 Å². The zero-order chi connectivity index (χ0) is 16.2. The lowest BCUT2D eigenvalue weighted by Crippen LogP contribution is -2.34. The maximum absolute atomic E-state index is 12.5. The molecule has 0 atom stereocenters. The summed E-state index contributed by atoms with van der Waals surface area (Å²) in [7, 11) is 1.39. The summed E-state index contributed by atoms with van der Waals surface area (Å²) in [6.07, 6.45) is -2.01. The maximum atomic E-state index is 12.5. The molecule has 3 nitrogen and oxygen atoms in total. The Labute approximate surface area is 128 Å². The first-order valence-electron chi connectivity index (χ1n) is 7.34. The molecule has 1 aromatic carbocycles. The number of benzene rings is 1. The minimum Gasteiger partial charge on any atom is -0.469 e. The first-order valence-corrected chi connectivity index (χ1v) is 7.34. The molecule has 0 N–H and O–H groups in total. The number of rotatable bonds is 4. The number of piperidine rings is 1. The van der Waals surface area contributed by atoms with Gasteiger partial charge in [0.15, 0.2) is 0 Å². The topological polar surface area (TPSA) is 29.5 Å². The van der Waals surface area contributed by atoms with Crippen LogP contribution >= 0.6 is 0 Å². The molecule has 0 radical (unpaired) electrons. The molecule has 0 amide bonds. The number of likely N-dealkylation sites (tertiary alicyclic amines) is 1. The number of hydrogen-bond acceptors (Lipinski definition) is 3. The molecular formula is C16H20F3NO2. The number of carbonyl (C=O) groups is 1. The third kappa shape index (κ3) is 4.73. The Balaban J connectivity index is 1.82. The highest BCUT2D eigenvalue weighted by Gasteiger charge is 2.30. The van der Waals surface area contributed by atoms with E-state index in [1.165, 1.54) is 19.2 Å². The van der Waals surface area contributed by atoms with Crippen molar-refractivity contribution in [2.24, 2.45) is 5.92 Å². The number of esters is 1. The van der Waals surface area contributed by atoms with Gasteiger partial charge in [-0.3, -0.25) is 9.69 Å². The Morgan fingerprint density at radius 3 is 2.32 bits per heavy atom. The molecule has 2 rings (SSSR count). The number of carbonyl (C=O) groups excluding carboxylic acids is 1. The highest BCUT2D eigenvalue weighted by atomic mass is 19.4. The lowest BCUT2D eigenvalue weighted by atomic mass is 9.93. The summed E-state index contributed by atoms with van der Waals surface area (Å²) in [6, 6.07) is 5.31. The van der Waals surface area contributed by atoms with Crippen molar-refractivity contribution >= 4 is 5.97 Å². The van der Waals surface area contributed by atoms with Crippen molar-refractivity contribution in [1.29, 1.82) is 0 Å². The van der Waals surface area contributed by atoms with Crippen LogP contribution in [0, 0.1) is 5.92 Å². The van der Waals surface area contributed by atoms with E-state index in [9.17, 15) is 18.0 Å². The minimum atomic E-state index is -4.29. The van der Waals surface area contributed by atoms with Crippen LogP contribution in [0.4, 0.5) is 13.2 Å². The van der Waals surface area contributed by atoms with E-state index < -0.39 is 11.7 Å². The summed E-state index contributed by atoms with van der Waals surface area (Å²) >= 11 is 0. The molecule has 1 aromatic rings. The Morgan fingerprint density at radius 2 is 1.82 bits per heavy atom. The van der Waals surface area contributed by atoms with Gasteiger partial charge in [0.05, 0.1) is 12.7 Å². The van der Waals surface area contributed by atoms with Crippen LogP contribution in [0.25, 0.3) is 0 Å². The summed E-state index contributed by atoms with van der Waals surface area (Å²) in [5, 5.41) is 0. The van der Waals surface area contributed by atoms with Gasteiger partial charge in [-0.05, 0) is 49.5 Å². The largest absolute Gasteiger partial charge is 0.469 e. The average Bonchev–Trinajstić information content (AvgIpc) is 2.49. The lowest BCUT2D eigenvalue weighted by Gasteiger charge is -2.31. The predicted octanol–water partition coefficient (Wildman–Crippen LogP) is 3.48. The predicted molar refractivity (Wildman–Crippen MR) is 76.1 cm³/mol. The Bertz CT molecular complexity index is 491. The van der Waals surface area contributed by atoms with Crippen molar-refractivity contribution in [2.75, 3.05) is 20.2 Å². The minimum absolute atomic E-state index is 0.179. The van der Waals surface area contributed by atoms with E-state index in [1.54, 1.807) is 0 Å². The molecule has 6 heteroatoms. The summed E-state index contributed by atoms with van der Waals surface area (Å²) in [5.74, 6) is 0.164. The molecule has 0 unspecified atom stereocenters. The van der Waals surface area contributed by atoms with Crippen molar-refractivity contribution in [2.45, 2.75) is 32.0 Å². The van der Waals surface area contributed by atoms with Crippen LogP contribution in [0.3, 0.4) is 0 Å². The first kappa shape index (κ1) is 16.8. The SMILES string of the molecule is COC(=O)CC1CCN(Cc2ccc(C(F)(F)F)cc2)CC1. The number of alkyl halides is 3. The van der Waals surface area contributed by atoms with Crippen molar-refractivity contribution < 1.29 is 22.7 Å². The van der Waals surface area contributed by atoms with Gasteiger partial charge in [0.1, 0.15) is 0 Å². The van der Waals surface area contributed by atoms with Gasteiger partial charge < -0.3 is 4.74 Å². The summed E-state index contributed by atoms with van der Waals surface area (Å²) in [4.78, 5) is 13.4. The van der Waals surface area contributed by atoms with Gasteiger partial charge >= 0.3 is 12.1 Å². The molecule has 0 aliphatic carbocycles. The number of methoxy groups -OCH3 is 1. The number of hydrogen-bond donors (Lipinski definition) is 0. The third-order valence-corrected chi connectivity index (χ3v) is 4.08. The van der Waals surface area contributed by atoms with Crippen LogP contribution in [0.2, 0.25) is 0 Å². The fourth-order valence-electron chi connectivity index (χ4n) is 2.73. The highest BCUT2D eigenvalue weighted by molar-refractivity contribution is 5.69. The molecule has 1 aliphatic rings. The number of nitrogens with zero attached hydrogens (tertiary/aromatic N) is 1. The molecule has 22 heavy (non-hydrogen) atoms. The second-order valence-corrected chi connectivity index (χ2v) is 5.69. The summed E-state index contributed by atoms with van der Waals surface area (Å²) < 4.78 is 42.2. The van der Waals surface area contributed by atoms with Crippen LogP contribution < -0.4 is 0 Å². The zero-order valence-electron chi connectivity index (χ0n) is 12.5. The van der Waals surface area contributed by atoms with Gasteiger partial charge in [0.25, 0.3) is 0 Å². The zero-order valence-corrected chi connectivity index (χ0v) is 12.5.